The van der Waals surface area contributed by atoms with Crippen LogP contribution in [0.5, 0.6) is 0 Å². The minimum Gasteiger partial charge on any atom is -0.282 e. The molecule has 1 aromatic carbocycles. The highest BCUT2D eigenvalue weighted by molar-refractivity contribution is 5.72. The number of hydrogen-bond acceptors (Lipinski definition) is 2. The first-order valence-corrected chi connectivity index (χ1v) is 6.28. The summed E-state index contributed by atoms with van der Waals surface area (Å²) in [5.74, 6) is 0. The fourth-order valence-electron chi connectivity index (χ4n) is 2.35. The molecule has 3 aromatic rings. The van der Waals surface area contributed by atoms with Crippen LogP contribution in [-0.4, -0.2) is 15.2 Å². The SMILES string of the molecule is Cc1n[nH]c(C)c1-c1ccc(-c2ccncc2)cc1. The molecule has 1 N–H and O–H groups in total. The molecule has 0 amide bonds. The molecule has 0 saturated carbocycles. The third-order valence-electron chi connectivity index (χ3n) is 3.32. The molecule has 0 fully saturated rings. The summed E-state index contributed by atoms with van der Waals surface area (Å²) < 4.78 is 0. The summed E-state index contributed by atoms with van der Waals surface area (Å²) in [4.78, 5) is 4.04. The molecule has 19 heavy (non-hydrogen) atoms. The van der Waals surface area contributed by atoms with Crippen molar-refractivity contribution in [2.45, 2.75) is 13.8 Å². The highest BCUT2D eigenvalue weighted by Gasteiger charge is 2.08. The number of rotatable bonds is 2. The molecule has 0 aliphatic rings. The molecule has 3 nitrogen and oxygen atoms in total. The summed E-state index contributed by atoms with van der Waals surface area (Å²) in [5.41, 5.74) is 6.92. The van der Waals surface area contributed by atoms with E-state index < -0.39 is 0 Å². The molecule has 0 saturated heterocycles. The smallest absolute Gasteiger partial charge is 0.0672 e. The van der Waals surface area contributed by atoms with Gasteiger partial charge >= 0.3 is 0 Å². The fourth-order valence-corrected chi connectivity index (χ4v) is 2.35. The summed E-state index contributed by atoms with van der Waals surface area (Å²) in [6, 6.07) is 12.6. The van der Waals surface area contributed by atoms with Crippen LogP contribution in [0, 0.1) is 13.8 Å². The van der Waals surface area contributed by atoms with E-state index in [2.05, 4.69) is 39.4 Å². The van der Waals surface area contributed by atoms with Gasteiger partial charge in [0.05, 0.1) is 5.69 Å². The average Bonchev–Trinajstić information content (AvgIpc) is 2.79. The van der Waals surface area contributed by atoms with Gasteiger partial charge in [-0.05, 0) is 42.7 Å². The molecule has 94 valence electrons. The van der Waals surface area contributed by atoms with Crippen LogP contribution in [0.2, 0.25) is 0 Å². The van der Waals surface area contributed by atoms with Crippen LogP contribution in [-0.2, 0) is 0 Å². The van der Waals surface area contributed by atoms with Crippen molar-refractivity contribution >= 4 is 0 Å². The molecule has 3 heteroatoms. The van der Waals surface area contributed by atoms with Crippen molar-refractivity contribution in [1.29, 1.82) is 0 Å². The van der Waals surface area contributed by atoms with Gasteiger partial charge in [-0.15, -0.1) is 0 Å². The summed E-state index contributed by atoms with van der Waals surface area (Å²) in [7, 11) is 0. The van der Waals surface area contributed by atoms with Crippen LogP contribution in [0.3, 0.4) is 0 Å². The first-order chi connectivity index (χ1) is 9.25. The molecule has 2 heterocycles. The van der Waals surface area contributed by atoms with Crippen molar-refractivity contribution in [2.24, 2.45) is 0 Å². The topological polar surface area (TPSA) is 41.6 Å². The molecule has 0 spiro atoms. The van der Waals surface area contributed by atoms with Gasteiger partial charge in [-0.1, -0.05) is 24.3 Å². The Morgan fingerprint density at radius 3 is 1.95 bits per heavy atom. The van der Waals surface area contributed by atoms with Crippen molar-refractivity contribution in [1.82, 2.24) is 15.2 Å². The minimum absolute atomic E-state index is 1.04. The second-order valence-electron chi connectivity index (χ2n) is 4.62. The van der Waals surface area contributed by atoms with E-state index in [1.54, 1.807) is 0 Å². The van der Waals surface area contributed by atoms with E-state index >= 15 is 0 Å². The Morgan fingerprint density at radius 2 is 1.37 bits per heavy atom. The molecule has 0 aliphatic heterocycles. The Labute approximate surface area is 112 Å². The highest BCUT2D eigenvalue weighted by Crippen LogP contribution is 2.27. The van der Waals surface area contributed by atoms with E-state index in [1.807, 2.05) is 38.4 Å². The number of H-pyrrole nitrogens is 1. The van der Waals surface area contributed by atoms with Crippen molar-refractivity contribution in [3.63, 3.8) is 0 Å². The van der Waals surface area contributed by atoms with E-state index in [1.165, 1.54) is 22.3 Å². The third kappa shape index (κ3) is 2.15. The Balaban J connectivity index is 2.00. The molecule has 0 unspecified atom stereocenters. The first kappa shape index (κ1) is 11.7. The molecule has 0 radical (unpaired) electrons. The number of nitrogens with zero attached hydrogens (tertiary/aromatic N) is 2. The highest BCUT2D eigenvalue weighted by atomic mass is 15.1. The lowest BCUT2D eigenvalue weighted by atomic mass is 10.00. The Hall–Kier alpha value is -2.42. The second kappa shape index (κ2) is 4.69. The van der Waals surface area contributed by atoms with Gasteiger partial charge in [-0.2, -0.15) is 5.10 Å². The van der Waals surface area contributed by atoms with Crippen LogP contribution >= 0.6 is 0 Å². The summed E-state index contributed by atoms with van der Waals surface area (Å²) in [5, 5.41) is 7.26. The van der Waals surface area contributed by atoms with Gasteiger partial charge in [0.25, 0.3) is 0 Å². The van der Waals surface area contributed by atoms with Crippen molar-refractivity contribution < 1.29 is 0 Å². The van der Waals surface area contributed by atoms with Crippen LogP contribution in [0.1, 0.15) is 11.4 Å². The number of pyridine rings is 1. The third-order valence-corrected chi connectivity index (χ3v) is 3.32. The van der Waals surface area contributed by atoms with Crippen LogP contribution in [0.15, 0.2) is 48.8 Å². The molecule has 0 bridgehead atoms. The van der Waals surface area contributed by atoms with E-state index in [0.717, 1.165) is 11.4 Å². The van der Waals surface area contributed by atoms with E-state index in [9.17, 15) is 0 Å². The van der Waals surface area contributed by atoms with Crippen molar-refractivity contribution in [3.05, 3.63) is 60.2 Å². The zero-order chi connectivity index (χ0) is 13.2. The van der Waals surface area contributed by atoms with Crippen LogP contribution < -0.4 is 0 Å². The van der Waals surface area contributed by atoms with E-state index in [4.69, 9.17) is 0 Å². The first-order valence-electron chi connectivity index (χ1n) is 6.28. The Kier molecular flexibility index (Phi) is 2.88. The Morgan fingerprint density at radius 1 is 0.789 bits per heavy atom. The molecule has 3 rings (SSSR count). The molecule has 2 aromatic heterocycles. The largest absolute Gasteiger partial charge is 0.282 e. The van der Waals surface area contributed by atoms with Gasteiger partial charge in [0, 0.05) is 23.7 Å². The lowest BCUT2D eigenvalue weighted by Gasteiger charge is -2.05. The van der Waals surface area contributed by atoms with Gasteiger partial charge in [-0.25, -0.2) is 0 Å². The van der Waals surface area contributed by atoms with Gasteiger partial charge in [-0.3, -0.25) is 10.1 Å². The van der Waals surface area contributed by atoms with Crippen LogP contribution in [0.25, 0.3) is 22.3 Å². The van der Waals surface area contributed by atoms with Gasteiger partial charge in [0.2, 0.25) is 0 Å². The quantitative estimate of drug-likeness (QED) is 0.751. The number of aryl methyl sites for hydroxylation is 2. The Bertz CT molecular complexity index is 662. The number of aromatic amines is 1. The van der Waals surface area contributed by atoms with Gasteiger partial charge < -0.3 is 0 Å². The maximum Gasteiger partial charge on any atom is 0.0672 e. The fraction of sp³-hybridized carbons (Fsp3) is 0.125. The maximum atomic E-state index is 4.24. The zero-order valence-corrected chi connectivity index (χ0v) is 11.0. The number of benzene rings is 1. The van der Waals surface area contributed by atoms with Gasteiger partial charge in [0.15, 0.2) is 0 Å². The van der Waals surface area contributed by atoms with Crippen molar-refractivity contribution in [3.8, 4) is 22.3 Å². The van der Waals surface area contributed by atoms with E-state index in [-0.39, 0.29) is 0 Å². The van der Waals surface area contributed by atoms with Crippen molar-refractivity contribution in [2.75, 3.05) is 0 Å². The maximum absolute atomic E-state index is 4.24. The molecular formula is C16H15N3. The zero-order valence-electron chi connectivity index (χ0n) is 11.0. The molecule has 0 aliphatic carbocycles. The molecule has 0 atom stereocenters. The average molecular weight is 249 g/mol. The number of hydrogen-bond donors (Lipinski definition) is 1. The normalized spacial score (nSPS) is 10.6. The summed E-state index contributed by atoms with van der Waals surface area (Å²) >= 11 is 0. The monoisotopic (exact) mass is 249 g/mol. The minimum atomic E-state index is 1.04. The summed E-state index contributed by atoms with van der Waals surface area (Å²) in [6.07, 6.45) is 3.63. The second-order valence-corrected chi connectivity index (χ2v) is 4.62. The van der Waals surface area contributed by atoms with Gasteiger partial charge in [0.1, 0.15) is 0 Å². The number of aromatic nitrogens is 3. The predicted molar refractivity (Wildman–Crippen MR) is 76.7 cm³/mol. The van der Waals surface area contributed by atoms with E-state index in [0.29, 0.717) is 0 Å². The van der Waals surface area contributed by atoms with Crippen LogP contribution in [0.4, 0.5) is 0 Å². The molecular weight excluding hydrogens is 234 g/mol. The standard InChI is InChI=1S/C16H15N3/c1-11-16(12(2)19-18-11)15-5-3-13(4-6-15)14-7-9-17-10-8-14/h3-10H,1-2H3,(H,18,19). The number of nitrogens with one attached hydrogen (secondary N) is 1. The lowest BCUT2D eigenvalue weighted by molar-refractivity contribution is 1.02. The predicted octanol–water partition coefficient (Wildman–Crippen LogP) is 3.76. The lowest BCUT2D eigenvalue weighted by Crippen LogP contribution is -1.83. The summed E-state index contributed by atoms with van der Waals surface area (Å²) in [6.45, 7) is 4.07.